The molecule has 1 atom stereocenters. The number of amides is 1. The third-order valence-electron chi connectivity index (χ3n) is 6.16. The number of benzene rings is 2. The van der Waals surface area contributed by atoms with Crippen LogP contribution in [0.1, 0.15) is 48.5 Å². The lowest BCUT2D eigenvalue weighted by atomic mass is 10.0. The summed E-state index contributed by atoms with van der Waals surface area (Å²) in [6.45, 7) is 8.98. The molecule has 4 rings (SSSR count). The zero-order chi connectivity index (χ0) is 23.6. The maximum absolute atomic E-state index is 13.2. The number of para-hydroxylation sites is 1. The monoisotopic (exact) mass is 483 g/mol. The van der Waals surface area contributed by atoms with Crippen LogP contribution in [0.5, 0.6) is 0 Å². The number of aryl methyl sites for hydroxylation is 1. The van der Waals surface area contributed by atoms with E-state index in [1.165, 1.54) is 23.5 Å². The van der Waals surface area contributed by atoms with Crippen LogP contribution in [0.3, 0.4) is 0 Å². The van der Waals surface area contributed by atoms with Crippen molar-refractivity contribution in [1.82, 2.24) is 8.87 Å². The fraction of sp³-hybridized carbons (Fsp3) is 0.360. The lowest BCUT2D eigenvalue weighted by Gasteiger charge is -2.34. The van der Waals surface area contributed by atoms with Gasteiger partial charge in [-0.25, -0.2) is 8.42 Å². The number of piperidine rings is 1. The van der Waals surface area contributed by atoms with Crippen molar-refractivity contribution in [2.75, 3.05) is 6.54 Å². The molecule has 0 bridgehead atoms. The second-order valence-electron chi connectivity index (χ2n) is 8.32. The van der Waals surface area contributed by atoms with Gasteiger partial charge in [-0.05, 0) is 62.1 Å². The maximum Gasteiger partial charge on any atom is 0.279 e. The minimum absolute atomic E-state index is 0.0387. The number of aromatic nitrogens is 1. The fourth-order valence-electron chi connectivity index (χ4n) is 4.45. The van der Waals surface area contributed by atoms with E-state index in [0.717, 1.165) is 41.5 Å². The summed E-state index contributed by atoms with van der Waals surface area (Å²) >= 11 is 1.46. The zero-order valence-electron chi connectivity index (χ0n) is 19.0. The van der Waals surface area contributed by atoms with Crippen LogP contribution in [0.15, 0.2) is 65.0 Å². The zero-order valence-corrected chi connectivity index (χ0v) is 20.7. The van der Waals surface area contributed by atoms with Gasteiger partial charge in [-0.3, -0.25) is 4.79 Å². The molecule has 0 saturated carbocycles. The van der Waals surface area contributed by atoms with Gasteiger partial charge in [-0.15, -0.1) is 6.58 Å². The molecule has 1 unspecified atom stereocenters. The van der Waals surface area contributed by atoms with Crippen molar-refractivity contribution < 1.29 is 13.2 Å². The van der Waals surface area contributed by atoms with Gasteiger partial charge >= 0.3 is 0 Å². The molecule has 0 aliphatic carbocycles. The van der Waals surface area contributed by atoms with Gasteiger partial charge in [0.05, 0.1) is 15.1 Å². The van der Waals surface area contributed by atoms with Gasteiger partial charge in [-0.2, -0.15) is 9.30 Å². The summed E-state index contributed by atoms with van der Waals surface area (Å²) in [4.78, 5) is 18.1. The van der Waals surface area contributed by atoms with Gasteiger partial charge in [0.25, 0.3) is 5.91 Å². The largest absolute Gasteiger partial charge is 0.312 e. The summed E-state index contributed by atoms with van der Waals surface area (Å²) in [5, 5.41) is 0. The second-order valence-corrected chi connectivity index (χ2v) is 11.2. The van der Waals surface area contributed by atoms with Crippen molar-refractivity contribution in [1.29, 1.82) is 0 Å². The first kappa shape index (κ1) is 23.6. The summed E-state index contributed by atoms with van der Waals surface area (Å²) in [5.74, 6) is -0.398. The van der Waals surface area contributed by atoms with Crippen LogP contribution in [0.2, 0.25) is 0 Å². The molecule has 0 spiro atoms. The van der Waals surface area contributed by atoms with Crippen LogP contribution < -0.4 is 4.80 Å². The van der Waals surface area contributed by atoms with E-state index in [0.29, 0.717) is 23.5 Å². The molecule has 2 heterocycles. The van der Waals surface area contributed by atoms with Crippen LogP contribution in [0, 0.1) is 6.92 Å². The smallest absolute Gasteiger partial charge is 0.279 e. The summed E-state index contributed by atoms with van der Waals surface area (Å²) in [7, 11) is -3.58. The van der Waals surface area contributed by atoms with Gasteiger partial charge < -0.3 is 4.57 Å². The van der Waals surface area contributed by atoms with E-state index in [1.807, 2.05) is 36.6 Å². The lowest BCUT2D eigenvalue weighted by molar-refractivity contribution is 0.0997. The molecule has 174 valence electrons. The highest BCUT2D eigenvalue weighted by molar-refractivity contribution is 7.89. The Kier molecular flexibility index (Phi) is 6.97. The number of sulfonamides is 1. The highest BCUT2D eigenvalue weighted by Crippen LogP contribution is 2.27. The summed E-state index contributed by atoms with van der Waals surface area (Å²) in [6, 6.07) is 12.2. The number of rotatable bonds is 6. The molecule has 0 radical (unpaired) electrons. The van der Waals surface area contributed by atoms with Gasteiger partial charge in [0.1, 0.15) is 0 Å². The Bertz CT molecular complexity index is 1350. The van der Waals surface area contributed by atoms with Crippen molar-refractivity contribution in [3.8, 4) is 0 Å². The SMILES string of the molecule is C=CCn1c(=NC(=O)c2ccc(S(=O)(=O)N3CCCCC3CC)cc2)sc2cccc(C)c21. The normalized spacial score (nSPS) is 18.0. The molecule has 2 aromatic carbocycles. The number of thiazole rings is 1. The predicted octanol–water partition coefficient (Wildman–Crippen LogP) is 4.89. The molecule has 1 amide bonds. The molecule has 1 aliphatic rings. The summed E-state index contributed by atoms with van der Waals surface area (Å²) < 4.78 is 31.0. The van der Waals surface area contributed by atoms with E-state index >= 15 is 0 Å². The molecule has 6 nitrogen and oxygen atoms in total. The molecule has 0 N–H and O–H groups in total. The van der Waals surface area contributed by atoms with E-state index in [4.69, 9.17) is 0 Å². The minimum atomic E-state index is -3.58. The average molecular weight is 484 g/mol. The highest BCUT2D eigenvalue weighted by Gasteiger charge is 2.32. The molecule has 1 fully saturated rings. The standard InChI is InChI=1S/C25H29N3O3S2/c1-4-16-27-23-18(3)9-8-11-22(23)32-25(27)26-24(29)19-12-14-21(15-13-19)33(30,31)28-17-7-6-10-20(28)5-2/h4,8-9,11-15,20H,1,5-7,10,16-17H2,2-3H3. The van der Waals surface area contributed by atoms with Crippen LogP contribution in [-0.4, -0.2) is 35.8 Å². The van der Waals surface area contributed by atoms with E-state index in [-0.39, 0.29) is 10.9 Å². The minimum Gasteiger partial charge on any atom is -0.312 e. The fourth-order valence-corrected chi connectivity index (χ4v) is 7.33. The Hall–Kier alpha value is -2.55. The first-order chi connectivity index (χ1) is 15.9. The van der Waals surface area contributed by atoms with Crippen LogP contribution in [0.25, 0.3) is 10.2 Å². The number of allylic oxidation sites excluding steroid dienone is 1. The van der Waals surface area contributed by atoms with E-state index < -0.39 is 15.9 Å². The van der Waals surface area contributed by atoms with Crippen LogP contribution >= 0.6 is 11.3 Å². The topological polar surface area (TPSA) is 71.7 Å². The Morgan fingerprint density at radius 3 is 2.67 bits per heavy atom. The number of hydrogen-bond acceptors (Lipinski definition) is 4. The van der Waals surface area contributed by atoms with Crippen molar-refractivity contribution in [2.45, 2.75) is 57.0 Å². The Morgan fingerprint density at radius 1 is 1.21 bits per heavy atom. The van der Waals surface area contributed by atoms with E-state index in [1.54, 1.807) is 22.5 Å². The summed E-state index contributed by atoms with van der Waals surface area (Å²) in [6.07, 6.45) is 5.41. The third kappa shape index (κ3) is 4.60. The Balaban J connectivity index is 1.66. The van der Waals surface area contributed by atoms with Crippen molar-refractivity contribution in [3.05, 3.63) is 71.0 Å². The van der Waals surface area contributed by atoms with Crippen molar-refractivity contribution in [2.24, 2.45) is 4.99 Å². The average Bonchev–Trinajstić information content (AvgIpc) is 3.17. The molecule has 33 heavy (non-hydrogen) atoms. The quantitative estimate of drug-likeness (QED) is 0.469. The second kappa shape index (κ2) is 9.75. The molecular weight excluding hydrogens is 454 g/mol. The molecular formula is C25H29N3O3S2. The Morgan fingerprint density at radius 2 is 1.97 bits per heavy atom. The molecule has 1 aliphatic heterocycles. The van der Waals surface area contributed by atoms with E-state index in [2.05, 4.69) is 11.6 Å². The van der Waals surface area contributed by atoms with Gasteiger partial charge in [0, 0.05) is 24.7 Å². The number of carbonyl (C=O) groups excluding carboxylic acids is 1. The lowest BCUT2D eigenvalue weighted by Crippen LogP contribution is -2.43. The van der Waals surface area contributed by atoms with Crippen molar-refractivity contribution >= 4 is 37.5 Å². The predicted molar refractivity (Wildman–Crippen MR) is 133 cm³/mol. The molecule has 8 heteroatoms. The third-order valence-corrected chi connectivity index (χ3v) is 9.17. The van der Waals surface area contributed by atoms with Gasteiger partial charge in [-0.1, -0.05) is 42.9 Å². The number of nitrogens with zero attached hydrogens (tertiary/aromatic N) is 3. The molecule has 1 aromatic heterocycles. The van der Waals surface area contributed by atoms with E-state index in [9.17, 15) is 13.2 Å². The first-order valence-corrected chi connectivity index (χ1v) is 13.5. The Labute approximate surface area is 199 Å². The molecule has 1 saturated heterocycles. The van der Waals surface area contributed by atoms with Crippen LogP contribution in [-0.2, 0) is 16.6 Å². The van der Waals surface area contributed by atoms with Crippen molar-refractivity contribution in [3.63, 3.8) is 0 Å². The van der Waals surface area contributed by atoms with Gasteiger partial charge in [0.2, 0.25) is 10.0 Å². The summed E-state index contributed by atoms with van der Waals surface area (Å²) in [5.41, 5.74) is 2.51. The highest BCUT2D eigenvalue weighted by atomic mass is 32.2. The maximum atomic E-state index is 13.2. The number of fused-ring (bicyclic) bond motifs is 1. The first-order valence-electron chi connectivity index (χ1n) is 11.3. The van der Waals surface area contributed by atoms with Crippen LogP contribution in [0.4, 0.5) is 0 Å². The molecule has 3 aromatic rings. The van der Waals surface area contributed by atoms with Gasteiger partial charge in [0.15, 0.2) is 4.80 Å². The number of carbonyl (C=O) groups is 1. The number of hydrogen-bond donors (Lipinski definition) is 0.